The third kappa shape index (κ3) is 4.66. The van der Waals surface area contributed by atoms with Crippen LogP contribution in [0.4, 0.5) is 0 Å². The molecular formula is C20H23ClN2O4S. The molecule has 0 atom stereocenters. The van der Waals surface area contributed by atoms with Gasteiger partial charge in [0, 0.05) is 31.2 Å². The second-order valence-electron chi connectivity index (χ2n) is 6.80. The molecule has 0 spiro atoms. The van der Waals surface area contributed by atoms with E-state index in [1.165, 1.54) is 16.4 Å². The second kappa shape index (κ2) is 8.51. The molecule has 150 valence electrons. The Hall–Kier alpha value is -2.09. The molecule has 1 amide bonds. The maximum Gasteiger partial charge on any atom is 0.260 e. The van der Waals surface area contributed by atoms with E-state index in [1.54, 1.807) is 17.0 Å². The van der Waals surface area contributed by atoms with Gasteiger partial charge in [-0.2, -0.15) is 4.31 Å². The molecule has 2 aromatic rings. The van der Waals surface area contributed by atoms with Gasteiger partial charge in [0.25, 0.3) is 5.91 Å². The Labute approximate surface area is 170 Å². The first-order chi connectivity index (χ1) is 13.3. The van der Waals surface area contributed by atoms with Crippen molar-refractivity contribution in [1.29, 1.82) is 0 Å². The van der Waals surface area contributed by atoms with Crippen molar-refractivity contribution < 1.29 is 17.9 Å². The van der Waals surface area contributed by atoms with Crippen molar-refractivity contribution in [3.05, 3.63) is 58.6 Å². The smallest absolute Gasteiger partial charge is 0.260 e. The highest BCUT2D eigenvalue weighted by Crippen LogP contribution is 2.21. The van der Waals surface area contributed by atoms with Gasteiger partial charge in [0.05, 0.1) is 4.90 Å². The van der Waals surface area contributed by atoms with Crippen molar-refractivity contribution in [3.8, 4) is 5.75 Å². The molecule has 28 heavy (non-hydrogen) atoms. The lowest BCUT2D eigenvalue weighted by Gasteiger charge is -2.34. The molecule has 1 aliphatic rings. The quantitative estimate of drug-likeness (QED) is 0.743. The molecule has 6 nitrogen and oxygen atoms in total. The van der Waals surface area contributed by atoms with E-state index in [0.717, 1.165) is 11.1 Å². The van der Waals surface area contributed by atoms with Gasteiger partial charge in [0.2, 0.25) is 10.0 Å². The highest BCUT2D eigenvalue weighted by atomic mass is 35.5. The maximum atomic E-state index is 12.7. The summed E-state index contributed by atoms with van der Waals surface area (Å²) in [6.07, 6.45) is 0. The van der Waals surface area contributed by atoms with Crippen LogP contribution in [-0.2, 0) is 14.8 Å². The Morgan fingerprint density at radius 1 is 1.04 bits per heavy atom. The maximum absolute atomic E-state index is 12.7. The summed E-state index contributed by atoms with van der Waals surface area (Å²) < 4.78 is 32.5. The number of amides is 1. The van der Waals surface area contributed by atoms with Crippen LogP contribution in [0.25, 0.3) is 0 Å². The topological polar surface area (TPSA) is 66.9 Å². The first kappa shape index (κ1) is 20.6. The average Bonchev–Trinajstić information content (AvgIpc) is 2.69. The number of piperazine rings is 1. The molecule has 0 N–H and O–H groups in total. The summed E-state index contributed by atoms with van der Waals surface area (Å²) in [5, 5.41) is 0.484. The van der Waals surface area contributed by atoms with Crippen LogP contribution in [0.3, 0.4) is 0 Å². The molecule has 1 heterocycles. The fourth-order valence-corrected chi connectivity index (χ4v) is 4.58. The molecule has 8 heteroatoms. The van der Waals surface area contributed by atoms with E-state index in [0.29, 0.717) is 23.9 Å². The summed E-state index contributed by atoms with van der Waals surface area (Å²) in [5.74, 6) is 0.543. The Morgan fingerprint density at radius 2 is 1.68 bits per heavy atom. The molecular weight excluding hydrogens is 400 g/mol. The minimum atomic E-state index is -3.59. The van der Waals surface area contributed by atoms with Crippen LogP contribution >= 0.6 is 11.6 Å². The van der Waals surface area contributed by atoms with Crippen molar-refractivity contribution in [1.82, 2.24) is 9.21 Å². The third-order valence-corrected chi connectivity index (χ3v) is 6.90. The Bertz CT molecular complexity index is 953. The average molecular weight is 423 g/mol. The van der Waals surface area contributed by atoms with Gasteiger partial charge in [-0.1, -0.05) is 23.7 Å². The number of sulfonamides is 1. The van der Waals surface area contributed by atoms with E-state index in [9.17, 15) is 13.2 Å². The molecule has 0 radical (unpaired) electrons. The van der Waals surface area contributed by atoms with Crippen molar-refractivity contribution in [2.24, 2.45) is 0 Å². The lowest BCUT2D eigenvalue weighted by Crippen LogP contribution is -2.51. The number of benzene rings is 2. The lowest BCUT2D eigenvalue weighted by molar-refractivity contribution is -0.134. The van der Waals surface area contributed by atoms with Crippen LogP contribution < -0.4 is 4.74 Å². The molecule has 0 unspecified atom stereocenters. The molecule has 2 aromatic carbocycles. The van der Waals surface area contributed by atoms with Crippen LogP contribution in [-0.4, -0.2) is 56.3 Å². The van der Waals surface area contributed by atoms with Gasteiger partial charge in [-0.3, -0.25) is 4.79 Å². The molecule has 3 rings (SSSR count). The van der Waals surface area contributed by atoms with Gasteiger partial charge in [-0.05, 0) is 55.3 Å². The minimum absolute atomic E-state index is 0.0613. The van der Waals surface area contributed by atoms with Crippen LogP contribution in [0.1, 0.15) is 11.1 Å². The normalized spacial score (nSPS) is 15.5. The minimum Gasteiger partial charge on any atom is -0.483 e. The van der Waals surface area contributed by atoms with Crippen molar-refractivity contribution >= 4 is 27.5 Å². The fourth-order valence-electron chi connectivity index (χ4n) is 3.03. The lowest BCUT2D eigenvalue weighted by atomic mass is 10.1. The fraction of sp³-hybridized carbons (Fsp3) is 0.350. The number of carbonyl (C=O) groups excluding carboxylic acids is 1. The van der Waals surface area contributed by atoms with Crippen LogP contribution in [0.15, 0.2) is 47.4 Å². The molecule has 0 bridgehead atoms. The number of aryl methyl sites for hydroxylation is 2. The van der Waals surface area contributed by atoms with Crippen LogP contribution in [0.5, 0.6) is 5.75 Å². The SMILES string of the molecule is Cc1ccc(C)c(OCC(=O)N2CCN(S(=O)(=O)c3ccc(Cl)cc3)CC2)c1. The zero-order valence-corrected chi connectivity index (χ0v) is 17.5. The zero-order valence-electron chi connectivity index (χ0n) is 15.9. The molecule has 0 saturated carbocycles. The van der Waals surface area contributed by atoms with E-state index in [1.807, 2.05) is 32.0 Å². The number of ether oxygens (including phenoxy) is 1. The Morgan fingerprint density at radius 3 is 2.32 bits per heavy atom. The number of halogens is 1. The third-order valence-electron chi connectivity index (χ3n) is 4.74. The van der Waals surface area contributed by atoms with Crippen LogP contribution in [0, 0.1) is 13.8 Å². The summed E-state index contributed by atoms with van der Waals surface area (Å²) in [6, 6.07) is 11.9. The van der Waals surface area contributed by atoms with E-state index in [4.69, 9.17) is 16.3 Å². The van der Waals surface area contributed by atoms with E-state index >= 15 is 0 Å². The predicted molar refractivity (Wildman–Crippen MR) is 108 cm³/mol. The highest BCUT2D eigenvalue weighted by Gasteiger charge is 2.30. The largest absolute Gasteiger partial charge is 0.483 e. The summed E-state index contributed by atoms with van der Waals surface area (Å²) in [6.45, 7) is 5.01. The number of hydrogen-bond acceptors (Lipinski definition) is 4. The monoisotopic (exact) mass is 422 g/mol. The molecule has 1 saturated heterocycles. The van der Waals surface area contributed by atoms with Gasteiger partial charge in [0.1, 0.15) is 5.75 Å². The number of carbonyl (C=O) groups is 1. The zero-order chi connectivity index (χ0) is 20.3. The highest BCUT2D eigenvalue weighted by molar-refractivity contribution is 7.89. The molecule has 0 aliphatic carbocycles. The van der Waals surface area contributed by atoms with Gasteiger partial charge in [-0.15, -0.1) is 0 Å². The number of nitrogens with zero attached hydrogens (tertiary/aromatic N) is 2. The number of hydrogen-bond donors (Lipinski definition) is 0. The number of rotatable bonds is 5. The first-order valence-electron chi connectivity index (χ1n) is 9.01. The molecule has 1 aliphatic heterocycles. The molecule has 1 fully saturated rings. The standard InChI is InChI=1S/C20H23ClN2O4S/c1-15-3-4-16(2)19(13-15)27-14-20(24)22-9-11-23(12-10-22)28(25,26)18-7-5-17(21)6-8-18/h3-8,13H,9-12,14H2,1-2H3. The van der Waals surface area contributed by atoms with Crippen molar-refractivity contribution in [2.75, 3.05) is 32.8 Å². The van der Waals surface area contributed by atoms with E-state index in [-0.39, 0.29) is 30.5 Å². The second-order valence-corrected chi connectivity index (χ2v) is 9.17. The van der Waals surface area contributed by atoms with Crippen molar-refractivity contribution in [2.45, 2.75) is 18.7 Å². The van der Waals surface area contributed by atoms with Gasteiger partial charge < -0.3 is 9.64 Å². The van der Waals surface area contributed by atoms with Crippen molar-refractivity contribution in [3.63, 3.8) is 0 Å². The van der Waals surface area contributed by atoms with Gasteiger partial charge >= 0.3 is 0 Å². The summed E-state index contributed by atoms with van der Waals surface area (Å²) in [5.41, 5.74) is 2.03. The Kier molecular flexibility index (Phi) is 6.27. The van der Waals surface area contributed by atoms with Gasteiger partial charge in [-0.25, -0.2) is 8.42 Å². The first-order valence-corrected chi connectivity index (χ1v) is 10.8. The van der Waals surface area contributed by atoms with Gasteiger partial charge in [0.15, 0.2) is 6.61 Å². The predicted octanol–water partition coefficient (Wildman–Crippen LogP) is 2.87. The van der Waals surface area contributed by atoms with Crippen LogP contribution in [0.2, 0.25) is 5.02 Å². The Balaban J connectivity index is 1.56. The summed E-state index contributed by atoms with van der Waals surface area (Å²) in [4.78, 5) is 14.3. The molecule has 0 aromatic heterocycles. The summed E-state index contributed by atoms with van der Waals surface area (Å²) >= 11 is 5.83. The summed E-state index contributed by atoms with van der Waals surface area (Å²) in [7, 11) is -3.59. The van der Waals surface area contributed by atoms with E-state index in [2.05, 4.69) is 0 Å². The van der Waals surface area contributed by atoms with E-state index < -0.39 is 10.0 Å².